The van der Waals surface area contributed by atoms with Crippen LogP contribution in [0.1, 0.15) is 11.1 Å². The number of carbonyl (C=O) groups is 2. The van der Waals surface area contributed by atoms with Crippen molar-refractivity contribution >= 4 is 69.5 Å². The van der Waals surface area contributed by atoms with Gasteiger partial charge in [-0.3, -0.25) is 14.5 Å². The predicted molar refractivity (Wildman–Crippen MR) is 128 cm³/mol. The van der Waals surface area contributed by atoms with Gasteiger partial charge in [-0.1, -0.05) is 63.9 Å². The highest BCUT2D eigenvalue weighted by atomic mass is 35.5. The van der Waals surface area contributed by atoms with E-state index in [0.29, 0.717) is 32.3 Å². The van der Waals surface area contributed by atoms with Gasteiger partial charge in [0.2, 0.25) is 5.91 Å². The number of rotatable bonds is 5. The van der Waals surface area contributed by atoms with E-state index in [9.17, 15) is 9.59 Å². The molecule has 7 nitrogen and oxygen atoms in total. The zero-order chi connectivity index (χ0) is 22.7. The highest BCUT2D eigenvalue weighted by Gasteiger charge is 2.32. The van der Waals surface area contributed by atoms with Gasteiger partial charge in [-0.15, -0.1) is 0 Å². The molecule has 3 aromatic rings. The van der Waals surface area contributed by atoms with Gasteiger partial charge in [-0.2, -0.15) is 0 Å². The Hall–Kier alpha value is -3.07. The van der Waals surface area contributed by atoms with Crippen molar-refractivity contribution in [1.29, 1.82) is 0 Å². The van der Waals surface area contributed by atoms with Gasteiger partial charge in [-0.25, -0.2) is 4.99 Å². The lowest BCUT2D eigenvalue weighted by Gasteiger charge is -2.17. The Kier molecular flexibility index (Phi) is 6.64. The number of nitrogens with zero attached hydrogens (tertiary/aromatic N) is 3. The lowest BCUT2D eigenvalue weighted by atomic mass is 10.2. The molecule has 0 spiro atoms. The monoisotopic (exact) mass is 486 g/mol. The number of aliphatic imine (C=N–C) groups is 1. The number of nitrogens with one attached hydrogen (secondary N) is 1. The Bertz CT molecular complexity index is 1220. The number of anilines is 2. The van der Waals surface area contributed by atoms with Gasteiger partial charge in [0.15, 0.2) is 11.0 Å². The summed E-state index contributed by atoms with van der Waals surface area (Å²) >= 11 is 13.2. The summed E-state index contributed by atoms with van der Waals surface area (Å²) in [5.74, 6) is -0.263. The van der Waals surface area contributed by atoms with Crippen molar-refractivity contribution in [2.45, 2.75) is 6.92 Å². The molecule has 162 valence electrons. The number of amidine groups is 1. The molecular formula is C22H16Cl2N4O3S. The largest absolute Gasteiger partial charge is 0.363 e. The second-order valence-electron chi connectivity index (χ2n) is 6.80. The van der Waals surface area contributed by atoms with E-state index in [2.05, 4.69) is 15.5 Å². The maximum Gasteiger partial charge on any atom is 0.283 e. The second-order valence-corrected chi connectivity index (χ2v) is 8.55. The maximum absolute atomic E-state index is 13.2. The van der Waals surface area contributed by atoms with Crippen LogP contribution in [0.2, 0.25) is 10.0 Å². The van der Waals surface area contributed by atoms with Crippen molar-refractivity contribution in [2.24, 2.45) is 4.99 Å². The number of carbonyl (C=O) groups excluding carboxylic acids is 2. The molecule has 0 saturated heterocycles. The van der Waals surface area contributed by atoms with Crippen molar-refractivity contribution < 1.29 is 14.1 Å². The van der Waals surface area contributed by atoms with Crippen LogP contribution in [0.3, 0.4) is 0 Å². The van der Waals surface area contributed by atoms with E-state index in [1.165, 1.54) is 17.2 Å². The number of aromatic nitrogens is 1. The number of thioether (sulfide) groups is 1. The van der Waals surface area contributed by atoms with Crippen LogP contribution in [0, 0.1) is 6.92 Å². The molecule has 1 aromatic heterocycles. The Balaban J connectivity index is 1.60. The van der Waals surface area contributed by atoms with Gasteiger partial charge in [0.1, 0.15) is 12.0 Å². The zero-order valence-electron chi connectivity index (χ0n) is 16.7. The molecule has 0 fully saturated rings. The highest BCUT2D eigenvalue weighted by Crippen LogP contribution is 2.31. The number of amides is 2. The first-order valence-electron chi connectivity index (χ1n) is 9.40. The van der Waals surface area contributed by atoms with Crippen LogP contribution in [-0.2, 0) is 9.59 Å². The van der Waals surface area contributed by atoms with E-state index < -0.39 is 0 Å². The number of benzene rings is 2. The first kappa shape index (κ1) is 22.1. The normalized spacial score (nSPS) is 14.7. The van der Waals surface area contributed by atoms with Crippen molar-refractivity contribution in [3.05, 3.63) is 81.7 Å². The first-order valence-corrected chi connectivity index (χ1v) is 11.1. The molecular weight excluding hydrogens is 471 g/mol. The Morgan fingerprint density at radius 2 is 1.94 bits per heavy atom. The van der Waals surface area contributed by atoms with E-state index in [1.807, 2.05) is 31.2 Å². The van der Waals surface area contributed by atoms with Gasteiger partial charge >= 0.3 is 0 Å². The summed E-state index contributed by atoms with van der Waals surface area (Å²) in [6, 6.07) is 14.1. The third-order valence-electron chi connectivity index (χ3n) is 4.41. The topological polar surface area (TPSA) is 87.8 Å². The lowest BCUT2D eigenvalue weighted by Crippen LogP contribution is -2.31. The molecule has 32 heavy (non-hydrogen) atoms. The van der Waals surface area contributed by atoms with Crippen molar-refractivity contribution in [1.82, 2.24) is 5.16 Å². The molecule has 2 amide bonds. The fourth-order valence-electron chi connectivity index (χ4n) is 2.86. The van der Waals surface area contributed by atoms with Crippen molar-refractivity contribution in [3.8, 4) is 0 Å². The molecule has 4 rings (SSSR count). The van der Waals surface area contributed by atoms with Crippen LogP contribution in [0.15, 0.2) is 70.0 Å². The van der Waals surface area contributed by atoms with E-state index in [0.717, 1.165) is 17.3 Å². The molecule has 10 heteroatoms. The van der Waals surface area contributed by atoms with Crippen LogP contribution in [0.5, 0.6) is 0 Å². The summed E-state index contributed by atoms with van der Waals surface area (Å²) in [5.41, 5.74) is 2.63. The average Bonchev–Trinajstić information content (AvgIpc) is 3.38. The summed E-state index contributed by atoms with van der Waals surface area (Å²) in [7, 11) is 0. The third-order valence-corrected chi connectivity index (χ3v) is 6.08. The van der Waals surface area contributed by atoms with Crippen LogP contribution in [0.4, 0.5) is 11.5 Å². The molecule has 0 radical (unpaired) electrons. The SMILES string of the molecule is Cc1ccc(N2C(=O)/C(=C\c3ccc(Cl)c(Cl)c3)N=C2SCC(=O)Nc2ccon2)cc1. The minimum absolute atomic E-state index is 0.0292. The van der Waals surface area contributed by atoms with Gasteiger partial charge in [0, 0.05) is 6.07 Å². The van der Waals surface area contributed by atoms with Gasteiger partial charge in [0.25, 0.3) is 5.91 Å². The summed E-state index contributed by atoms with van der Waals surface area (Å²) in [4.78, 5) is 31.4. The fourth-order valence-corrected chi connectivity index (χ4v) is 3.98. The van der Waals surface area contributed by atoms with Gasteiger partial charge in [-0.05, 0) is 42.8 Å². The van der Waals surface area contributed by atoms with E-state index >= 15 is 0 Å². The smallest absolute Gasteiger partial charge is 0.283 e. The molecule has 2 aromatic carbocycles. The van der Waals surface area contributed by atoms with Crippen molar-refractivity contribution in [3.63, 3.8) is 0 Å². The molecule has 0 aliphatic carbocycles. The van der Waals surface area contributed by atoms with E-state index in [1.54, 1.807) is 24.3 Å². The number of aryl methyl sites for hydroxylation is 1. The highest BCUT2D eigenvalue weighted by molar-refractivity contribution is 8.14. The summed E-state index contributed by atoms with van der Waals surface area (Å²) < 4.78 is 4.71. The minimum Gasteiger partial charge on any atom is -0.363 e. The first-order chi connectivity index (χ1) is 15.4. The fraction of sp³-hybridized carbons (Fsp3) is 0.0909. The second kappa shape index (κ2) is 9.60. The molecule has 1 aliphatic heterocycles. The van der Waals surface area contributed by atoms with Crippen LogP contribution in [-0.4, -0.2) is 27.9 Å². The number of hydrogen-bond acceptors (Lipinski definition) is 6. The third kappa shape index (κ3) is 5.04. The number of hydrogen-bond donors (Lipinski definition) is 1. The van der Waals surface area contributed by atoms with Gasteiger partial charge < -0.3 is 9.84 Å². The quantitative estimate of drug-likeness (QED) is 0.487. The Morgan fingerprint density at radius 1 is 1.16 bits per heavy atom. The molecule has 2 heterocycles. The van der Waals surface area contributed by atoms with Crippen LogP contribution in [0.25, 0.3) is 6.08 Å². The summed E-state index contributed by atoms with van der Waals surface area (Å²) in [6.45, 7) is 1.96. The molecule has 0 saturated carbocycles. The maximum atomic E-state index is 13.2. The standard InChI is InChI=1S/C22H16Cl2N4O3S/c1-13-2-5-15(6-3-13)28-21(30)18(11-14-4-7-16(23)17(24)10-14)25-22(28)32-12-20(29)26-19-8-9-31-27-19/h2-11H,12H2,1H3,(H,26,27,29)/b18-11+. The Labute approximate surface area is 198 Å². The minimum atomic E-state index is -0.306. The lowest BCUT2D eigenvalue weighted by molar-refractivity contribution is -0.114. The average molecular weight is 487 g/mol. The molecule has 0 unspecified atom stereocenters. The summed E-state index contributed by atoms with van der Waals surface area (Å²) in [6.07, 6.45) is 3.00. The van der Waals surface area contributed by atoms with Gasteiger partial charge in [0.05, 0.1) is 21.5 Å². The summed E-state index contributed by atoms with van der Waals surface area (Å²) in [5, 5.41) is 7.46. The molecule has 1 N–H and O–H groups in total. The van der Waals surface area contributed by atoms with E-state index in [-0.39, 0.29) is 23.3 Å². The van der Waals surface area contributed by atoms with Crippen molar-refractivity contribution in [2.75, 3.05) is 16.0 Å². The molecule has 0 bridgehead atoms. The molecule has 1 aliphatic rings. The van der Waals surface area contributed by atoms with Crippen LogP contribution < -0.4 is 10.2 Å². The van der Waals surface area contributed by atoms with E-state index in [4.69, 9.17) is 27.7 Å². The Morgan fingerprint density at radius 3 is 2.62 bits per heavy atom. The van der Waals surface area contributed by atoms with Crippen LogP contribution >= 0.6 is 35.0 Å². The molecule has 0 atom stereocenters. The number of halogens is 2. The zero-order valence-corrected chi connectivity index (χ0v) is 19.0. The predicted octanol–water partition coefficient (Wildman–Crippen LogP) is 5.41.